The Morgan fingerprint density at radius 1 is 0.972 bits per heavy atom. The van der Waals surface area contributed by atoms with Crippen LogP contribution in [0.2, 0.25) is 0 Å². The van der Waals surface area contributed by atoms with Crippen LogP contribution in [0.5, 0.6) is 0 Å². The molecule has 0 bridgehead atoms. The van der Waals surface area contributed by atoms with E-state index in [4.69, 9.17) is 9.88 Å². The van der Waals surface area contributed by atoms with E-state index >= 15 is 0 Å². The molecule has 184 valence electrons. The number of primary sulfonamides is 1. The van der Waals surface area contributed by atoms with Gasteiger partial charge in [-0.2, -0.15) is 0 Å². The molecule has 0 aliphatic heterocycles. The number of hydrogen-bond acceptors (Lipinski definition) is 7. The zero-order valence-corrected chi connectivity index (χ0v) is 20.9. The maximum absolute atomic E-state index is 11.9. The van der Waals surface area contributed by atoms with E-state index in [2.05, 4.69) is 10.1 Å². The summed E-state index contributed by atoms with van der Waals surface area (Å²) in [6.07, 6.45) is 3.76. The van der Waals surface area contributed by atoms with Gasteiger partial charge in [-0.15, -0.1) is 5.10 Å². The van der Waals surface area contributed by atoms with Gasteiger partial charge in [0.15, 0.2) is 5.82 Å². The lowest BCUT2D eigenvalue weighted by Crippen LogP contribution is -2.11. The van der Waals surface area contributed by atoms with Crippen LogP contribution in [0.3, 0.4) is 0 Å². The van der Waals surface area contributed by atoms with E-state index in [0.29, 0.717) is 28.7 Å². The van der Waals surface area contributed by atoms with Crippen molar-refractivity contribution in [2.75, 3.05) is 12.4 Å². The van der Waals surface area contributed by atoms with Crippen LogP contribution < -0.4 is 5.14 Å². The first-order chi connectivity index (χ1) is 17.4. The maximum Gasteiger partial charge on any atom is 0.330 e. The van der Waals surface area contributed by atoms with Gasteiger partial charge in [0.2, 0.25) is 15.2 Å². The number of nitrogens with zero attached hydrogens (tertiary/aromatic N) is 3. The quantitative estimate of drug-likeness (QED) is 0.143. The van der Waals surface area contributed by atoms with Crippen molar-refractivity contribution in [1.29, 1.82) is 0 Å². The van der Waals surface area contributed by atoms with Crippen molar-refractivity contribution in [1.82, 2.24) is 14.8 Å². The average Bonchev–Trinajstić information content (AvgIpc) is 3.32. The second-order valence-electron chi connectivity index (χ2n) is 7.65. The smallest absolute Gasteiger partial charge is 0.330 e. The summed E-state index contributed by atoms with van der Waals surface area (Å²) in [5.41, 5.74) is 2.45. The molecule has 0 amide bonds. The molecule has 2 N–H and O–H groups in total. The van der Waals surface area contributed by atoms with Crippen LogP contribution in [0.1, 0.15) is 12.0 Å². The topological polar surface area (TPSA) is 117 Å². The van der Waals surface area contributed by atoms with Crippen LogP contribution in [0.4, 0.5) is 0 Å². The molecule has 36 heavy (non-hydrogen) atoms. The third-order valence-corrected chi connectivity index (χ3v) is 6.86. The van der Waals surface area contributed by atoms with Crippen LogP contribution in [0.25, 0.3) is 23.2 Å². The first kappa shape index (κ1) is 25.4. The molecule has 0 atom stereocenters. The number of nitrogens with two attached hydrogens (primary N) is 1. The Bertz CT molecular complexity index is 1440. The van der Waals surface area contributed by atoms with Crippen molar-refractivity contribution < 1.29 is 17.9 Å². The van der Waals surface area contributed by atoms with E-state index in [1.165, 1.54) is 30.0 Å². The predicted molar refractivity (Wildman–Crippen MR) is 140 cm³/mol. The summed E-state index contributed by atoms with van der Waals surface area (Å²) in [4.78, 5) is 16.6. The Hall–Kier alpha value is -3.73. The van der Waals surface area contributed by atoms with Gasteiger partial charge in [0, 0.05) is 17.4 Å². The fourth-order valence-corrected chi connectivity index (χ4v) is 4.51. The zero-order chi connectivity index (χ0) is 25.4. The second-order valence-corrected chi connectivity index (χ2v) is 10.3. The summed E-state index contributed by atoms with van der Waals surface area (Å²) < 4.78 is 30.2. The van der Waals surface area contributed by atoms with Gasteiger partial charge in [-0.1, -0.05) is 60.3 Å². The first-order valence-electron chi connectivity index (χ1n) is 11.1. The van der Waals surface area contributed by atoms with Crippen molar-refractivity contribution >= 4 is 33.8 Å². The van der Waals surface area contributed by atoms with Gasteiger partial charge in [-0.3, -0.25) is 0 Å². The monoisotopic (exact) mass is 520 g/mol. The molecule has 8 nitrogen and oxygen atoms in total. The molecule has 10 heteroatoms. The number of carbonyl (C=O) groups excluding carboxylic acids is 1. The number of aromatic nitrogens is 3. The summed E-state index contributed by atoms with van der Waals surface area (Å²) in [7, 11) is -3.79. The summed E-state index contributed by atoms with van der Waals surface area (Å²) in [6.45, 7) is 0.284. The van der Waals surface area contributed by atoms with Gasteiger partial charge in [-0.25, -0.2) is 28.0 Å². The Morgan fingerprint density at radius 3 is 2.31 bits per heavy atom. The largest absolute Gasteiger partial charge is 0.462 e. The zero-order valence-electron chi connectivity index (χ0n) is 19.2. The van der Waals surface area contributed by atoms with Crippen molar-refractivity contribution in [3.8, 4) is 17.1 Å². The Balaban J connectivity index is 1.39. The van der Waals surface area contributed by atoms with Crippen LogP contribution >= 0.6 is 11.8 Å². The first-order valence-corrected chi connectivity index (χ1v) is 13.6. The minimum Gasteiger partial charge on any atom is -0.462 e. The number of thioether (sulfide) groups is 1. The number of para-hydroxylation sites is 1. The molecule has 4 aromatic rings. The number of rotatable bonds is 10. The van der Waals surface area contributed by atoms with E-state index in [1.54, 1.807) is 22.9 Å². The van der Waals surface area contributed by atoms with Crippen LogP contribution in [0.15, 0.2) is 101 Å². The number of carbonyl (C=O) groups is 1. The van der Waals surface area contributed by atoms with Crippen LogP contribution in [-0.4, -0.2) is 41.5 Å². The summed E-state index contributed by atoms with van der Waals surface area (Å²) >= 11 is 1.45. The molecule has 0 radical (unpaired) electrons. The fraction of sp³-hybridized carbons (Fsp3) is 0.115. The number of benzene rings is 3. The second kappa shape index (κ2) is 11.8. The average molecular weight is 521 g/mol. The fourth-order valence-electron chi connectivity index (χ4n) is 3.26. The standard InChI is InChI=1S/C26H24N4O4S2/c27-36(32,33)23-15-13-21(14-16-23)25-28-26(29-30(25)22-10-5-2-6-11-22)35-19-7-18-34-24(31)17-12-20-8-3-1-4-9-20/h1-6,8-17H,7,18-19H2,(H2,27,32,33)/b17-12+. The molecule has 1 heterocycles. The molecule has 0 fully saturated rings. The molecule has 0 aliphatic carbocycles. The SMILES string of the molecule is NS(=O)(=O)c1ccc(-c2nc(SCCCOC(=O)/C=C/c3ccccc3)nn2-c2ccccc2)cc1. The number of esters is 1. The van der Waals surface area contributed by atoms with Crippen molar-refractivity contribution in [2.24, 2.45) is 5.14 Å². The molecule has 0 saturated carbocycles. The lowest BCUT2D eigenvalue weighted by atomic mass is 10.2. The van der Waals surface area contributed by atoms with Gasteiger partial charge in [0.05, 0.1) is 17.2 Å². The van der Waals surface area contributed by atoms with E-state index in [-0.39, 0.29) is 17.5 Å². The molecule has 1 aromatic heterocycles. The maximum atomic E-state index is 11.9. The van der Waals surface area contributed by atoms with Gasteiger partial charge >= 0.3 is 5.97 Å². The van der Waals surface area contributed by atoms with Crippen LogP contribution in [-0.2, 0) is 19.6 Å². The van der Waals surface area contributed by atoms with E-state index in [0.717, 1.165) is 11.3 Å². The van der Waals surface area contributed by atoms with E-state index in [1.807, 2.05) is 60.7 Å². The number of ether oxygens (including phenoxy) is 1. The van der Waals surface area contributed by atoms with E-state index in [9.17, 15) is 13.2 Å². The molecule has 4 rings (SSSR count). The summed E-state index contributed by atoms with van der Waals surface area (Å²) in [5, 5.41) is 10.4. The molecule has 3 aromatic carbocycles. The minimum atomic E-state index is -3.79. The highest BCUT2D eigenvalue weighted by Crippen LogP contribution is 2.26. The molecular formula is C26H24N4O4S2. The van der Waals surface area contributed by atoms with Gasteiger partial charge in [0.1, 0.15) is 0 Å². The summed E-state index contributed by atoms with van der Waals surface area (Å²) in [6, 6.07) is 25.3. The Morgan fingerprint density at radius 2 is 1.64 bits per heavy atom. The van der Waals surface area contributed by atoms with Crippen molar-refractivity contribution in [3.05, 3.63) is 96.6 Å². The molecular weight excluding hydrogens is 496 g/mol. The van der Waals surface area contributed by atoms with Gasteiger partial charge in [-0.05, 0) is 54.5 Å². The summed E-state index contributed by atoms with van der Waals surface area (Å²) in [5.74, 6) is 0.834. The minimum absolute atomic E-state index is 0.0276. The van der Waals surface area contributed by atoms with Crippen molar-refractivity contribution in [3.63, 3.8) is 0 Å². The number of hydrogen-bond donors (Lipinski definition) is 1. The highest BCUT2D eigenvalue weighted by molar-refractivity contribution is 7.99. The Labute approximate surface area is 213 Å². The Kier molecular flexibility index (Phi) is 8.32. The van der Waals surface area contributed by atoms with E-state index < -0.39 is 10.0 Å². The van der Waals surface area contributed by atoms with Crippen molar-refractivity contribution in [2.45, 2.75) is 16.5 Å². The lowest BCUT2D eigenvalue weighted by molar-refractivity contribution is -0.137. The molecule has 0 saturated heterocycles. The van der Waals surface area contributed by atoms with Gasteiger partial charge < -0.3 is 4.74 Å². The van der Waals surface area contributed by atoms with Gasteiger partial charge in [0.25, 0.3) is 0 Å². The normalized spacial score (nSPS) is 11.6. The molecule has 0 spiro atoms. The van der Waals surface area contributed by atoms with Crippen LogP contribution in [0, 0.1) is 0 Å². The molecule has 0 aliphatic rings. The third-order valence-electron chi connectivity index (χ3n) is 5.01. The highest BCUT2D eigenvalue weighted by atomic mass is 32.2. The lowest BCUT2D eigenvalue weighted by Gasteiger charge is -2.06. The molecule has 0 unspecified atom stereocenters. The highest BCUT2D eigenvalue weighted by Gasteiger charge is 2.15. The third kappa shape index (κ3) is 6.91. The predicted octanol–water partition coefficient (Wildman–Crippen LogP) is 4.32. The number of sulfonamides is 1.